The molecule has 6 heteroatoms. The number of halogens is 2. The molecule has 1 aromatic heterocycles. The largest absolute Gasteiger partial charge is 0.419 e. The van der Waals surface area contributed by atoms with E-state index in [2.05, 4.69) is 4.98 Å². The van der Waals surface area contributed by atoms with Crippen LogP contribution in [0.15, 0.2) is 22.6 Å². The first-order valence-corrected chi connectivity index (χ1v) is 5.00. The van der Waals surface area contributed by atoms with Gasteiger partial charge in [-0.3, -0.25) is 0 Å². The Morgan fingerprint density at radius 3 is 2.75 bits per heavy atom. The van der Waals surface area contributed by atoms with E-state index in [1.165, 1.54) is 0 Å². The van der Waals surface area contributed by atoms with E-state index in [1.807, 2.05) is 6.07 Å². The number of nitrogens with two attached hydrogens (primary N) is 1. The molecule has 4 nitrogen and oxygen atoms in total. The Balaban J connectivity index is 2.60. The average molecular weight is 254 g/mol. The maximum absolute atomic E-state index is 8.69. The number of benzene rings is 1. The van der Waals surface area contributed by atoms with E-state index >= 15 is 0 Å². The smallest absolute Gasteiger partial charge is 0.231 e. The van der Waals surface area contributed by atoms with Gasteiger partial charge < -0.3 is 10.2 Å². The summed E-state index contributed by atoms with van der Waals surface area (Å²) in [4.78, 5) is 3.90. The molecule has 0 spiro atoms. The number of oxazole rings is 1. The van der Waals surface area contributed by atoms with E-state index in [9.17, 15) is 0 Å². The molecule has 0 saturated heterocycles. The molecular formula is C10H5Cl2N3O. The molecule has 2 N–H and O–H groups in total. The molecule has 0 aliphatic heterocycles. The molecule has 80 valence electrons. The highest BCUT2D eigenvalue weighted by atomic mass is 35.5. The highest BCUT2D eigenvalue weighted by molar-refractivity contribution is 6.43. The van der Waals surface area contributed by atoms with Crippen molar-refractivity contribution in [2.75, 3.05) is 5.73 Å². The highest BCUT2D eigenvalue weighted by Gasteiger charge is 2.15. The third-order valence-corrected chi connectivity index (χ3v) is 2.76. The molecule has 16 heavy (non-hydrogen) atoms. The standard InChI is InChI=1S/C10H5Cl2N3O/c11-6-3-1-2-5(8(6)12)10-15-7(4-13)9(14)16-10/h1-3H,14H2. The van der Waals surface area contributed by atoms with Crippen molar-refractivity contribution in [2.24, 2.45) is 0 Å². The molecule has 0 saturated carbocycles. The van der Waals surface area contributed by atoms with Crippen molar-refractivity contribution in [1.82, 2.24) is 4.98 Å². The third kappa shape index (κ3) is 1.71. The summed E-state index contributed by atoms with van der Waals surface area (Å²) in [6.07, 6.45) is 0. The number of hydrogen-bond donors (Lipinski definition) is 1. The summed E-state index contributed by atoms with van der Waals surface area (Å²) in [5.41, 5.74) is 5.99. The van der Waals surface area contributed by atoms with Gasteiger partial charge in [0.15, 0.2) is 0 Å². The van der Waals surface area contributed by atoms with Crippen molar-refractivity contribution in [3.8, 4) is 17.5 Å². The minimum Gasteiger partial charge on any atom is -0.419 e. The quantitative estimate of drug-likeness (QED) is 0.848. The zero-order chi connectivity index (χ0) is 11.7. The SMILES string of the molecule is N#Cc1nc(-c2cccc(Cl)c2Cl)oc1N. The summed E-state index contributed by atoms with van der Waals surface area (Å²) in [6.45, 7) is 0. The Morgan fingerprint density at radius 1 is 1.38 bits per heavy atom. The van der Waals surface area contributed by atoms with Crippen molar-refractivity contribution in [3.63, 3.8) is 0 Å². The van der Waals surface area contributed by atoms with Crippen molar-refractivity contribution < 1.29 is 4.42 Å². The molecule has 0 bridgehead atoms. The van der Waals surface area contributed by atoms with E-state index in [0.29, 0.717) is 15.6 Å². The molecule has 0 aliphatic rings. The van der Waals surface area contributed by atoms with Crippen molar-refractivity contribution in [1.29, 1.82) is 5.26 Å². The summed E-state index contributed by atoms with van der Waals surface area (Å²) >= 11 is 11.8. The van der Waals surface area contributed by atoms with Crippen molar-refractivity contribution in [2.45, 2.75) is 0 Å². The minimum absolute atomic E-state index is 0.0334. The summed E-state index contributed by atoms with van der Waals surface area (Å²) in [5, 5.41) is 9.39. The molecule has 0 aliphatic carbocycles. The second-order valence-corrected chi connectivity index (χ2v) is 3.73. The van der Waals surface area contributed by atoms with Crippen molar-refractivity contribution >= 4 is 29.1 Å². The predicted octanol–water partition coefficient (Wildman–Crippen LogP) is 3.10. The van der Waals surface area contributed by atoms with Gasteiger partial charge in [-0.25, -0.2) is 0 Å². The van der Waals surface area contributed by atoms with Gasteiger partial charge in [-0.1, -0.05) is 29.3 Å². The van der Waals surface area contributed by atoms with E-state index in [1.54, 1.807) is 18.2 Å². The fourth-order valence-electron chi connectivity index (χ4n) is 1.20. The van der Waals surface area contributed by atoms with Crippen LogP contribution in [0.1, 0.15) is 5.69 Å². The molecule has 0 atom stereocenters. The van der Waals surface area contributed by atoms with Gasteiger partial charge in [0, 0.05) is 0 Å². The number of anilines is 1. The third-order valence-electron chi connectivity index (χ3n) is 1.94. The molecule has 1 aromatic carbocycles. The summed E-state index contributed by atoms with van der Waals surface area (Å²) < 4.78 is 5.13. The first kappa shape index (κ1) is 10.8. The Bertz CT molecular complexity index is 586. The van der Waals surface area contributed by atoms with Crippen LogP contribution in [0, 0.1) is 11.3 Å². The second-order valence-electron chi connectivity index (χ2n) is 2.95. The topological polar surface area (TPSA) is 75.8 Å². The van der Waals surface area contributed by atoms with Crippen LogP contribution in [0.5, 0.6) is 0 Å². The van der Waals surface area contributed by atoms with E-state index in [0.717, 1.165) is 0 Å². The summed E-state index contributed by atoms with van der Waals surface area (Å²) in [6, 6.07) is 6.84. The summed E-state index contributed by atoms with van der Waals surface area (Å²) in [7, 11) is 0. The zero-order valence-corrected chi connectivity index (χ0v) is 9.38. The van der Waals surface area contributed by atoms with Crippen molar-refractivity contribution in [3.05, 3.63) is 33.9 Å². The van der Waals surface area contributed by atoms with Gasteiger partial charge in [-0.05, 0) is 12.1 Å². The van der Waals surface area contributed by atoms with Crippen LogP contribution >= 0.6 is 23.2 Å². The molecule has 2 aromatic rings. The number of nitrogen functional groups attached to an aromatic ring is 1. The molecule has 2 rings (SSSR count). The fraction of sp³-hybridized carbons (Fsp3) is 0. The highest BCUT2D eigenvalue weighted by Crippen LogP contribution is 2.34. The van der Waals surface area contributed by atoms with Crippen LogP contribution in [0.2, 0.25) is 10.0 Å². The van der Waals surface area contributed by atoms with Gasteiger partial charge >= 0.3 is 0 Å². The maximum atomic E-state index is 8.69. The lowest BCUT2D eigenvalue weighted by atomic mass is 10.2. The first-order valence-electron chi connectivity index (χ1n) is 4.24. The molecule has 0 radical (unpaired) electrons. The Kier molecular flexibility index (Phi) is 2.73. The lowest BCUT2D eigenvalue weighted by Crippen LogP contribution is -1.84. The average Bonchev–Trinajstić information content (AvgIpc) is 2.63. The van der Waals surface area contributed by atoms with Crippen LogP contribution in [0.3, 0.4) is 0 Å². The van der Waals surface area contributed by atoms with Gasteiger partial charge in [0.05, 0.1) is 15.6 Å². The van der Waals surface area contributed by atoms with E-state index in [-0.39, 0.29) is 17.5 Å². The molecule has 0 amide bonds. The Labute approximate surface area is 101 Å². The van der Waals surface area contributed by atoms with Crippen LogP contribution in [-0.2, 0) is 0 Å². The van der Waals surface area contributed by atoms with E-state index < -0.39 is 0 Å². The fourth-order valence-corrected chi connectivity index (χ4v) is 1.58. The van der Waals surface area contributed by atoms with Gasteiger partial charge in [0.2, 0.25) is 17.5 Å². The second kappa shape index (κ2) is 4.05. The first-order chi connectivity index (χ1) is 7.63. The predicted molar refractivity (Wildman–Crippen MR) is 61.1 cm³/mol. The van der Waals surface area contributed by atoms with Gasteiger partial charge in [0.25, 0.3) is 0 Å². The van der Waals surface area contributed by atoms with Gasteiger partial charge in [-0.15, -0.1) is 0 Å². The monoisotopic (exact) mass is 253 g/mol. The van der Waals surface area contributed by atoms with Crippen LogP contribution < -0.4 is 5.73 Å². The molecule has 0 fully saturated rings. The lowest BCUT2D eigenvalue weighted by molar-refractivity contribution is 0.594. The molecule has 0 unspecified atom stereocenters. The Hall–Kier alpha value is -1.70. The van der Waals surface area contributed by atoms with Gasteiger partial charge in [0.1, 0.15) is 6.07 Å². The number of aromatic nitrogens is 1. The van der Waals surface area contributed by atoms with Crippen LogP contribution in [0.25, 0.3) is 11.5 Å². The van der Waals surface area contributed by atoms with Crippen LogP contribution in [0.4, 0.5) is 5.88 Å². The number of nitrogens with zero attached hydrogens (tertiary/aromatic N) is 2. The zero-order valence-electron chi connectivity index (χ0n) is 7.87. The Morgan fingerprint density at radius 2 is 2.12 bits per heavy atom. The number of rotatable bonds is 1. The number of hydrogen-bond acceptors (Lipinski definition) is 4. The summed E-state index contributed by atoms with van der Waals surface area (Å²) in [5.74, 6) is 0.148. The van der Waals surface area contributed by atoms with E-state index in [4.69, 9.17) is 38.6 Å². The normalized spacial score (nSPS) is 10.1. The molecular weight excluding hydrogens is 249 g/mol. The number of nitriles is 1. The van der Waals surface area contributed by atoms with Gasteiger partial charge in [-0.2, -0.15) is 10.2 Å². The van der Waals surface area contributed by atoms with Crippen LogP contribution in [-0.4, -0.2) is 4.98 Å². The minimum atomic E-state index is -0.0338. The lowest BCUT2D eigenvalue weighted by Gasteiger charge is -2.00. The maximum Gasteiger partial charge on any atom is 0.231 e. The molecule has 1 heterocycles.